The van der Waals surface area contributed by atoms with Crippen LogP contribution in [-0.2, 0) is 14.8 Å². The van der Waals surface area contributed by atoms with Crippen LogP contribution in [0.5, 0.6) is 0 Å². The maximum Gasteiger partial charge on any atom is 0.323 e. The summed E-state index contributed by atoms with van der Waals surface area (Å²) in [5, 5.41) is 8.06. The number of aryl methyl sites for hydroxylation is 1. The minimum Gasteiger partial charge on any atom is -0.326 e. The van der Waals surface area contributed by atoms with Crippen LogP contribution in [-0.4, -0.2) is 20.4 Å². The van der Waals surface area contributed by atoms with Crippen LogP contribution < -0.4 is 20.7 Å². The molecule has 3 amide bonds. The van der Waals surface area contributed by atoms with Crippen LogP contribution in [0.15, 0.2) is 77.7 Å². The zero-order valence-corrected chi connectivity index (χ0v) is 19.4. The summed E-state index contributed by atoms with van der Waals surface area (Å²) >= 11 is 0. The number of rotatable bonds is 7. The SMILES string of the molecule is CC(=O)Nc1ccc(C)c(S(=O)(=O)NC(C)c2ccc(NC(=O)Nc3ccccc3)cc2)c1. The fourth-order valence-corrected chi connectivity index (χ4v) is 4.71. The van der Waals surface area contributed by atoms with E-state index in [2.05, 4.69) is 20.7 Å². The molecule has 9 heteroatoms. The zero-order chi connectivity index (χ0) is 24.0. The molecule has 0 aliphatic carbocycles. The molecule has 0 saturated carbocycles. The van der Waals surface area contributed by atoms with Crippen molar-refractivity contribution in [1.29, 1.82) is 0 Å². The van der Waals surface area contributed by atoms with Gasteiger partial charge in [0.25, 0.3) is 0 Å². The number of benzene rings is 3. The van der Waals surface area contributed by atoms with Gasteiger partial charge in [0, 0.05) is 30.0 Å². The van der Waals surface area contributed by atoms with Gasteiger partial charge in [-0.1, -0.05) is 36.4 Å². The lowest BCUT2D eigenvalue weighted by Crippen LogP contribution is -2.27. The van der Waals surface area contributed by atoms with Gasteiger partial charge in [-0.25, -0.2) is 17.9 Å². The molecule has 8 nitrogen and oxygen atoms in total. The Kier molecular flexibility index (Phi) is 7.47. The van der Waals surface area contributed by atoms with E-state index in [1.807, 2.05) is 18.2 Å². The van der Waals surface area contributed by atoms with Crippen LogP contribution in [0.1, 0.15) is 31.0 Å². The molecule has 1 unspecified atom stereocenters. The molecule has 0 aromatic heterocycles. The van der Waals surface area contributed by atoms with E-state index in [9.17, 15) is 18.0 Å². The quantitative estimate of drug-likeness (QED) is 0.406. The summed E-state index contributed by atoms with van der Waals surface area (Å²) in [5.74, 6) is -0.283. The van der Waals surface area contributed by atoms with Crippen molar-refractivity contribution in [2.75, 3.05) is 16.0 Å². The van der Waals surface area contributed by atoms with E-state index in [1.54, 1.807) is 62.4 Å². The molecule has 3 rings (SSSR count). The molecule has 1 atom stereocenters. The van der Waals surface area contributed by atoms with Crippen molar-refractivity contribution in [1.82, 2.24) is 4.72 Å². The number of sulfonamides is 1. The average Bonchev–Trinajstić information content (AvgIpc) is 2.75. The van der Waals surface area contributed by atoms with E-state index < -0.39 is 16.1 Å². The van der Waals surface area contributed by atoms with Crippen LogP contribution in [0.25, 0.3) is 0 Å². The fraction of sp³-hybridized carbons (Fsp3) is 0.167. The number of hydrogen-bond donors (Lipinski definition) is 4. The van der Waals surface area contributed by atoms with Crippen molar-refractivity contribution >= 4 is 39.0 Å². The molecular weight excluding hydrogens is 440 g/mol. The highest BCUT2D eigenvalue weighted by Gasteiger charge is 2.21. The Labute approximate surface area is 193 Å². The van der Waals surface area contributed by atoms with Crippen molar-refractivity contribution in [3.05, 3.63) is 83.9 Å². The van der Waals surface area contributed by atoms with Gasteiger partial charge in [0.2, 0.25) is 15.9 Å². The number of nitrogens with one attached hydrogen (secondary N) is 4. The van der Waals surface area contributed by atoms with Crippen LogP contribution in [0, 0.1) is 6.92 Å². The fourth-order valence-electron chi connectivity index (χ4n) is 3.20. The minimum absolute atomic E-state index is 0.0940. The molecule has 3 aromatic carbocycles. The van der Waals surface area contributed by atoms with Crippen molar-refractivity contribution < 1.29 is 18.0 Å². The second-order valence-electron chi connectivity index (χ2n) is 7.57. The van der Waals surface area contributed by atoms with E-state index in [1.165, 1.54) is 13.0 Å². The first kappa shape index (κ1) is 24.0. The Hall–Kier alpha value is -3.69. The molecule has 4 N–H and O–H groups in total. The van der Waals surface area contributed by atoms with Gasteiger partial charge in [-0.3, -0.25) is 4.79 Å². The highest BCUT2D eigenvalue weighted by molar-refractivity contribution is 7.89. The zero-order valence-electron chi connectivity index (χ0n) is 18.5. The summed E-state index contributed by atoms with van der Waals surface area (Å²) in [7, 11) is -3.84. The smallest absolute Gasteiger partial charge is 0.323 e. The number of para-hydroxylation sites is 1. The van der Waals surface area contributed by atoms with Crippen LogP contribution in [0.3, 0.4) is 0 Å². The van der Waals surface area contributed by atoms with Gasteiger partial charge < -0.3 is 16.0 Å². The minimum atomic E-state index is -3.84. The molecule has 33 heavy (non-hydrogen) atoms. The lowest BCUT2D eigenvalue weighted by atomic mass is 10.1. The van der Waals surface area contributed by atoms with Gasteiger partial charge in [-0.05, 0) is 61.4 Å². The third kappa shape index (κ3) is 6.64. The van der Waals surface area contributed by atoms with Gasteiger partial charge >= 0.3 is 6.03 Å². The molecule has 0 radical (unpaired) electrons. The topological polar surface area (TPSA) is 116 Å². The summed E-state index contributed by atoms with van der Waals surface area (Å²) in [5.41, 5.74) is 2.94. The summed E-state index contributed by atoms with van der Waals surface area (Å²) in [6, 6.07) is 19.8. The van der Waals surface area contributed by atoms with E-state index in [0.29, 0.717) is 22.6 Å². The number of carbonyl (C=O) groups is 2. The normalized spacial score (nSPS) is 12.0. The average molecular weight is 467 g/mol. The Bertz CT molecular complexity index is 1240. The molecule has 3 aromatic rings. The molecule has 0 saturated heterocycles. The Morgan fingerprint density at radius 3 is 1.97 bits per heavy atom. The van der Waals surface area contributed by atoms with Crippen molar-refractivity contribution in [2.24, 2.45) is 0 Å². The Morgan fingerprint density at radius 2 is 1.36 bits per heavy atom. The monoisotopic (exact) mass is 466 g/mol. The summed E-state index contributed by atoms with van der Waals surface area (Å²) < 4.78 is 28.6. The molecule has 0 bridgehead atoms. The van der Waals surface area contributed by atoms with Crippen LogP contribution in [0.4, 0.5) is 21.9 Å². The van der Waals surface area contributed by atoms with Crippen LogP contribution in [0.2, 0.25) is 0 Å². The number of hydrogen-bond acceptors (Lipinski definition) is 4. The number of anilines is 3. The molecular formula is C24H26N4O4S. The number of amides is 3. The van der Waals surface area contributed by atoms with E-state index >= 15 is 0 Å². The summed E-state index contributed by atoms with van der Waals surface area (Å²) in [6.45, 7) is 4.78. The summed E-state index contributed by atoms with van der Waals surface area (Å²) in [4.78, 5) is 23.5. The third-order valence-corrected chi connectivity index (χ3v) is 6.51. The Balaban J connectivity index is 1.67. The highest BCUT2D eigenvalue weighted by Crippen LogP contribution is 2.23. The lowest BCUT2D eigenvalue weighted by molar-refractivity contribution is -0.114. The van der Waals surface area contributed by atoms with Crippen molar-refractivity contribution in [3.8, 4) is 0 Å². The molecule has 172 valence electrons. The second kappa shape index (κ2) is 10.3. The first-order valence-electron chi connectivity index (χ1n) is 10.3. The largest absolute Gasteiger partial charge is 0.326 e. The molecule has 0 spiro atoms. The first-order valence-corrected chi connectivity index (χ1v) is 11.8. The Morgan fingerprint density at radius 1 is 0.788 bits per heavy atom. The highest BCUT2D eigenvalue weighted by atomic mass is 32.2. The maximum atomic E-state index is 13.0. The second-order valence-corrected chi connectivity index (χ2v) is 9.25. The van der Waals surface area contributed by atoms with Gasteiger partial charge in [0.15, 0.2) is 0 Å². The third-order valence-electron chi connectivity index (χ3n) is 4.83. The molecule has 0 heterocycles. The van der Waals surface area contributed by atoms with Crippen molar-refractivity contribution in [3.63, 3.8) is 0 Å². The lowest BCUT2D eigenvalue weighted by Gasteiger charge is -2.17. The predicted molar refractivity (Wildman–Crippen MR) is 130 cm³/mol. The number of urea groups is 1. The molecule has 0 aliphatic rings. The van der Waals surface area contributed by atoms with Gasteiger partial charge in [0.05, 0.1) is 4.90 Å². The van der Waals surface area contributed by atoms with E-state index in [0.717, 1.165) is 5.56 Å². The first-order chi connectivity index (χ1) is 15.6. The maximum absolute atomic E-state index is 13.0. The van der Waals surface area contributed by atoms with Crippen molar-refractivity contribution in [2.45, 2.75) is 31.7 Å². The van der Waals surface area contributed by atoms with E-state index in [-0.39, 0.29) is 16.8 Å². The summed E-state index contributed by atoms with van der Waals surface area (Å²) in [6.07, 6.45) is 0. The van der Waals surface area contributed by atoms with Gasteiger partial charge in [-0.15, -0.1) is 0 Å². The molecule has 0 fully saturated rings. The standard InChI is InChI=1S/C24H26N4O4S/c1-16-9-12-22(25-18(3)29)15-23(16)33(31,32)28-17(2)19-10-13-21(14-11-19)27-24(30)26-20-7-5-4-6-8-20/h4-15,17,28H,1-3H3,(H,25,29)(H2,26,27,30). The predicted octanol–water partition coefficient (Wildman–Crippen LogP) is 4.64. The van der Waals surface area contributed by atoms with Gasteiger partial charge in [-0.2, -0.15) is 0 Å². The van der Waals surface area contributed by atoms with E-state index in [4.69, 9.17) is 0 Å². The number of carbonyl (C=O) groups excluding carboxylic acids is 2. The van der Waals surface area contributed by atoms with Gasteiger partial charge in [0.1, 0.15) is 0 Å². The molecule has 0 aliphatic heterocycles. The van der Waals surface area contributed by atoms with Crippen LogP contribution >= 0.6 is 0 Å².